The van der Waals surface area contributed by atoms with E-state index in [-0.39, 0.29) is 34.3 Å². The van der Waals surface area contributed by atoms with Crippen LogP contribution >= 0.6 is 22.3 Å². The lowest BCUT2D eigenvalue weighted by Gasteiger charge is -2.38. The maximum Gasteiger partial charge on any atom is 0.301 e. The van der Waals surface area contributed by atoms with Gasteiger partial charge in [0.15, 0.2) is 0 Å². The van der Waals surface area contributed by atoms with Crippen LogP contribution in [-0.4, -0.2) is 0 Å². The molecule has 0 saturated heterocycles. The third-order valence-electron chi connectivity index (χ3n) is 15.5. The van der Waals surface area contributed by atoms with Gasteiger partial charge in [0, 0.05) is 39.7 Å². The number of rotatable bonds is 9. The highest BCUT2D eigenvalue weighted by Gasteiger charge is 2.56. The summed E-state index contributed by atoms with van der Waals surface area (Å²) in [6, 6.07) is 72.8. The molecule has 1 atom stereocenters. The summed E-state index contributed by atoms with van der Waals surface area (Å²) in [5.74, 6) is 0. The number of hydrogen-bond donors (Lipinski definition) is 0. The van der Waals surface area contributed by atoms with Crippen molar-refractivity contribution in [3.63, 3.8) is 0 Å². The Morgan fingerprint density at radius 1 is 0.279 bits per heavy atom. The molecule has 0 saturated carbocycles. The van der Waals surface area contributed by atoms with Crippen molar-refractivity contribution in [1.29, 1.82) is 36.8 Å². The van der Waals surface area contributed by atoms with E-state index in [1.165, 1.54) is 0 Å². The SMILES string of the molecule is N#CC1=CC=C(N2c3ccc(C#N)cc3N(c3ccc(C#N)cc3)P2(=O)c2cc(P3(=O)N(c4ccc(C#N)cc4)c4ccccc4N3c3ccc(C#N)cc3)cc(P3(=O)N(c4ccc(C#N)cc4)c4ccccc4N3c3ccc(C#N)cc3)c2)CC1. The quantitative estimate of drug-likeness (QED) is 0.122. The number of anilines is 11. The maximum absolute atomic E-state index is 18.4. The van der Waals surface area contributed by atoms with Gasteiger partial charge >= 0.3 is 22.3 Å². The average molecular weight is 1170 g/mol. The van der Waals surface area contributed by atoms with Crippen molar-refractivity contribution in [3.05, 3.63) is 263 Å². The van der Waals surface area contributed by atoms with Crippen molar-refractivity contribution in [2.24, 2.45) is 0 Å². The molecule has 86 heavy (non-hydrogen) atoms. The molecule has 4 aliphatic rings. The van der Waals surface area contributed by atoms with Crippen molar-refractivity contribution in [2.45, 2.75) is 12.8 Å². The van der Waals surface area contributed by atoms with Gasteiger partial charge in [-0.1, -0.05) is 24.3 Å². The van der Waals surface area contributed by atoms with E-state index in [2.05, 4.69) is 42.5 Å². The average Bonchev–Trinajstić information content (AvgIpc) is 1.52. The molecule has 3 heterocycles. The Labute approximate surface area is 495 Å². The lowest BCUT2D eigenvalue weighted by atomic mass is 10.0. The lowest BCUT2D eigenvalue weighted by molar-refractivity contribution is 0.581. The fourth-order valence-corrected chi connectivity index (χ4v) is 21.2. The van der Waals surface area contributed by atoms with E-state index in [4.69, 9.17) is 0 Å². The molecule has 0 amide bonds. The van der Waals surface area contributed by atoms with Gasteiger partial charge in [0.25, 0.3) is 0 Å². The molecule has 0 N–H and O–H groups in total. The van der Waals surface area contributed by atoms with Crippen LogP contribution in [0.5, 0.6) is 0 Å². The normalized spacial score (nSPS) is 16.6. The number of para-hydroxylation sites is 4. The monoisotopic (exact) mass is 1170 g/mol. The molecule has 9 aromatic rings. The van der Waals surface area contributed by atoms with Gasteiger partial charge in [-0.05, 0) is 207 Å². The van der Waals surface area contributed by atoms with Gasteiger partial charge in [0.2, 0.25) is 0 Å². The largest absolute Gasteiger partial charge is 0.301 e. The third-order valence-corrected chi connectivity index (χ3v) is 24.3. The number of benzene rings is 9. The molecule has 16 nitrogen and oxygen atoms in total. The predicted octanol–water partition coefficient (Wildman–Crippen LogP) is 15.1. The first-order valence-electron chi connectivity index (χ1n) is 26.8. The van der Waals surface area contributed by atoms with Crippen LogP contribution in [0.2, 0.25) is 0 Å². The molecular formula is C67H40N13O3P3. The topological polar surface area (TPSA) is 237 Å². The first kappa shape index (κ1) is 53.7. The molecule has 13 rings (SSSR count). The van der Waals surface area contributed by atoms with Crippen molar-refractivity contribution in [1.82, 2.24) is 0 Å². The van der Waals surface area contributed by atoms with E-state index in [1.54, 1.807) is 198 Å². The zero-order valence-corrected chi connectivity index (χ0v) is 47.8. The van der Waals surface area contributed by atoms with Gasteiger partial charge in [-0.2, -0.15) is 36.8 Å². The molecule has 1 aliphatic carbocycles. The van der Waals surface area contributed by atoms with Gasteiger partial charge in [0.05, 0.1) is 126 Å². The van der Waals surface area contributed by atoms with E-state index in [0.717, 1.165) is 0 Å². The third kappa shape index (κ3) is 8.25. The highest BCUT2D eigenvalue weighted by molar-refractivity contribution is 7.79. The number of nitrogens with zero attached hydrogens (tertiary/aromatic N) is 13. The van der Waals surface area contributed by atoms with Gasteiger partial charge in [0.1, 0.15) is 0 Å². The fourth-order valence-electron chi connectivity index (χ4n) is 11.6. The van der Waals surface area contributed by atoms with Crippen molar-refractivity contribution in [3.8, 4) is 42.5 Å². The van der Waals surface area contributed by atoms with Crippen molar-refractivity contribution >= 4 is 101 Å². The zero-order chi connectivity index (χ0) is 59.5. The first-order chi connectivity index (χ1) is 41.9. The minimum absolute atomic E-state index is 0.0245. The lowest BCUT2D eigenvalue weighted by Crippen LogP contribution is -2.37. The minimum atomic E-state index is -4.71. The Bertz CT molecular complexity index is 4500. The zero-order valence-electron chi connectivity index (χ0n) is 45.1. The van der Waals surface area contributed by atoms with Gasteiger partial charge in [-0.3, -0.25) is 41.7 Å². The summed E-state index contributed by atoms with van der Waals surface area (Å²) in [6.07, 6.45) is 3.94. The Kier molecular flexibility index (Phi) is 13.1. The first-order valence-corrected chi connectivity index (χ1v) is 31.6. The van der Waals surface area contributed by atoms with Crippen LogP contribution in [0, 0.1) is 79.3 Å². The molecule has 0 fully saturated rings. The minimum Gasteiger partial charge on any atom is -0.273 e. The van der Waals surface area contributed by atoms with Gasteiger partial charge < -0.3 is 0 Å². The molecule has 3 aliphatic heterocycles. The van der Waals surface area contributed by atoms with Gasteiger partial charge in [-0.15, -0.1) is 0 Å². The Morgan fingerprint density at radius 2 is 0.558 bits per heavy atom. The second-order valence-electron chi connectivity index (χ2n) is 20.3. The molecule has 19 heteroatoms. The Hall–Kier alpha value is -11.6. The summed E-state index contributed by atoms with van der Waals surface area (Å²) >= 11 is 0. The summed E-state index contributed by atoms with van der Waals surface area (Å²) < 4.78 is 65.2. The van der Waals surface area contributed by atoms with E-state index >= 15 is 13.7 Å². The molecule has 406 valence electrons. The summed E-state index contributed by atoms with van der Waals surface area (Å²) in [5, 5.41) is 71.2. The van der Waals surface area contributed by atoms with Crippen LogP contribution in [0.25, 0.3) is 0 Å². The maximum atomic E-state index is 18.4. The van der Waals surface area contributed by atoms with Crippen LogP contribution in [0.4, 0.5) is 62.6 Å². The molecular weight excluding hydrogens is 1130 g/mol. The predicted molar refractivity (Wildman–Crippen MR) is 332 cm³/mol. The summed E-state index contributed by atoms with van der Waals surface area (Å²) in [5.41, 5.74) is 7.55. The number of nitriles is 7. The van der Waals surface area contributed by atoms with E-state index in [0.29, 0.717) is 102 Å². The van der Waals surface area contributed by atoms with Crippen LogP contribution in [0.3, 0.4) is 0 Å². The van der Waals surface area contributed by atoms with Crippen LogP contribution in [0.15, 0.2) is 230 Å². The molecule has 9 aromatic carbocycles. The Morgan fingerprint density at radius 3 is 0.837 bits per heavy atom. The fraction of sp³-hybridized carbons (Fsp3) is 0.0299. The standard InChI is InChI=1S/C67H40N13O3P3/c68-39-46-9-22-53(23-10-46)75-62-5-1-2-6-63(62)76(54-24-11-47(40-69)12-25-54)84(75,81)59-36-60(85(82)77(55-26-13-48(41-70)14-27-55)64-7-3-4-8-65(64)78(85)56-28-15-49(42-71)16-29-56)38-61(37-59)86(83)79(57-30-17-50(43-72)18-31-57)66-34-21-52(45-74)35-67(66)80(86)58-32-19-51(44-73)20-33-58/h1-17,19-30,32-38H,18,31H2. The van der Waals surface area contributed by atoms with Gasteiger partial charge in [-0.25, -0.2) is 0 Å². The molecule has 1 unspecified atom stereocenters. The number of allylic oxidation sites excluding steroid dienone is 4. The second-order valence-corrected chi connectivity index (χ2v) is 27.5. The Balaban J connectivity index is 1.20. The molecule has 0 bridgehead atoms. The summed E-state index contributed by atoms with van der Waals surface area (Å²) in [4.78, 5) is 0. The number of fused-ring (bicyclic) bond motifs is 3. The molecule has 0 aromatic heterocycles. The highest BCUT2D eigenvalue weighted by atomic mass is 31.2. The van der Waals surface area contributed by atoms with Crippen LogP contribution in [0.1, 0.15) is 46.2 Å². The summed E-state index contributed by atoms with van der Waals surface area (Å²) in [6.45, 7) is 0. The van der Waals surface area contributed by atoms with Crippen LogP contribution < -0.4 is 43.9 Å². The molecule has 0 radical (unpaired) electrons. The van der Waals surface area contributed by atoms with E-state index < -0.39 is 22.3 Å². The van der Waals surface area contributed by atoms with Crippen molar-refractivity contribution in [2.75, 3.05) is 28.0 Å². The van der Waals surface area contributed by atoms with Crippen LogP contribution in [-0.2, 0) is 13.7 Å². The highest BCUT2D eigenvalue weighted by Crippen LogP contribution is 2.74. The molecule has 0 spiro atoms. The van der Waals surface area contributed by atoms with E-state index in [1.807, 2.05) is 48.5 Å². The number of hydrogen-bond acceptors (Lipinski definition) is 10. The second kappa shape index (κ2) is 21.0. The van der Waals surface area contributed by atoms with E-state index in [9.17, 15) is 36.8 Å². The smallest absolute Gasteiger partial charge is 0.273 e. The van der Waals surface area contributed by atoms with Crippen molar-refractivity contribution < 1.29 is 13.7 Å². The summed E-state index contributed by atoms with van der Waals surface area (Å²) in [7, 11) is -14.1.